The van der Waals surface area contributed by atoms with Gasteiger partial charge in [-0.25, -0.2) is 0 Å². The van der Waals surface area contributed by atoms with Crippen LogP contribution in [-0.2, 0) is 0 Å². The van der Waals surface area contributed by atoms with Crippen LogP contribution in [0.15, 0.2) is 18.2 Å². The summed E-state index contributed by atoms with van der Waals surface area (Å²) in [5.74, 6) is 1.35. The molecule has 1 heterocycles. The fourth-order valence-electron chi connectivity index (χ4n) is 2.92. The number of piperidine rings is 1. The van der Waals surface area contributed by atoms with E-state index in [1.165, 1.54) is 30.4 Å². The molecule has 1 aromatic rings. The van der Waals surface area contributed by atoms with Gasteiger partial charge in [0, 0.05) is 6.54 Å². The summed E-state index contributed by atoms with van der Waals surface area (Å²) in [6.45, 7) is 9.73. The average Bonchev–Trinajstić information content (AvgIpc) is 2.46. The lowest BCUT2D eigenvalue weighted by atomic mass is 10.0. The van der Waals surface area contributed by atoms with Gasteiger partial charge in [-0.1, -0.05) is 32.4 Å². The summed E-state index contributed by atoms with van der Waals surface area (Å²) in [5.41, 5.74) is 2.41. The quantitative estimate of drug-likeness (QED) is 0.872. The molecule has 3 nitrogen and oxygen atoms in total. The van der Waals surface area contributed by atoms with E-state index in [1.807, 2.05) is 0 Å². The summed E-state index contributed by atoms with van der Waals surface area (Å²) in [4.78, 5) is 2.34. The molecule has 1 fully saturated rings. The Morgan fingerprint density at radius 2 is 1.90 bits per heavy atom. The molecule has 0 radical (unpaired) electrons. The highest BCUT2D eigenvalue weighted by atomic mass is 16.5. The molecule has 0 aromatic heterocycles. The second-order valence-electron chi connectivity index (χ2n) is 6.52. The maximum Gasteiger partial charge on any atom is 0.123 e. The fraction of sp³-hybridized carbons (Fsp3) is 0.667. The minimum Gasteiger partial charge on any atom is -0.491 e. The number of aryl methyl sites for hydroxylation is 1. The number of aliphatic hydroxyl groups is 1. The Morgan fingerprint density at radius 3 is 2.57 bits per heavy atom. The molecule has 0 aliphatic carbocycles. The lowest BCUT2D eigenvalue weighted by Crippen LogP contribution is -2.38. The normalized spacial score (nSPS) is 18.0. The standard InChI is InChI=1S/C18H29NO2/c1-14(2)17-8-7-15(3)11-18(17)21-13-16(20)12-19-9-5-4-6-10-19/h7-8,11,14,16,20H,4-6,9-10,12-13H2,1-3H3/t16-/m1/s1. The van der Waals surface area contributed by atoms with Crippen molar-refractivity contribution in [3.05, 3.63) is 29.3 Å². The van der Waals surface area contributed by atoms with Crippen molar-refractivity contribution in [2.24, 2.45) is 0 Å². The predicted octanol–water partition coefficient (Wildman–Crippen LogP) is 3.34. The summed E-state index contributed by atoms with van der Waals surface area (Å²) in [6, 6.07) is 6.32. The van der Waals surface area contributed by atoms with E-state index >= 15 is 0 Å². The molecule has 0 spiro atoms. The van der Waals surface area contributed by atoms with E-state index in [9.17, 15) is 5.11 Å². The van der Waals surface area contributed by atoms with Crippen molar-refractivity contribution in [1.29, 1.82) is 0 Å². The zero-order chi connectivity index (χ0) is 15.2. The number of aliphatic hydroxyl groups excluding tert-OH is 1. The SMILES string of the molecule is Cc1ccc(C(C)C)c(OC[C@H](O)CN2CCCCC2)c1. The van der Waals surface area contributed by atoms with Gasteiger partial charge < -0.3 is 14.7 Å². The number of hydrogen-bond acceptors (Lipinski definition) is 3. The van der Waals surface area contributed by atoms with E-state index in [-0.39, 0.29) is 0 Å². The summed E-state index contributed by atoms with van der Waals surface area (Å²) < 4.78 is 5.91. The maximum atomic E-state index is 10.2. The molecule has 0 amide bonds. The molecule has 1 saturated heterocycles. The first-order valence-electron chi connectivity index (χ1n) is 8.20. The summed E-state index contributed by atoms with van der Waals surface area (Å²) in [7, 11) is 0. The molecule has 2 rings (SSSR count). The average molecular weight is 291 g/mol. The molecule has 1 aliphatic rings. The second kappa shape index (κ2) is 7.81. The molecular weight excluding hydrogens is 262 g/mol. The highest BCUT2D eigenvalue weighted by Crippen LogP contribution is 2.27. The van der Waals surface area contributed by atoms with Gasteiger partial charge in [-0.15, -0.1) is 0 Å². The summed E-state index contributed by atoms with van der Waals surface area (Å²) >= 11 is 0. The molecule has 1 aromatic carbocycles. The smallest absolute Gasteiger partial charge is 0.123 e. The van der Waals surface area contributed by atoms with Crippen LogP contribution in [0.25, 0.3) is 0 Å². The Hall–Kier alpha value is -1.06. The van der Waals surface area contributed by atoms with Crippen molar-refractivity contribution in [1.82, 2.24) is 4.90 Å². The van der Waals surface area contributed by atoms with Crippen LogP contribution < -0.4 is 4.74 Å². The predicted molar refractivity (Wildman–Crippen MR) is 87.1 cm³/mol. The van der Waals surface area contributed by atoms with Gasteiger partial charge in [-0.3, -0.25) is 0 Å². The van der Waals surface area contributed by atoms with E-state index in [2.05, 4.69) is 43.9 Å². The summed E-state index contributed by atoms with van der Waals surface area (Å²) in [5, 5.41) is 10.2. The van der Waals surface area contributed by atoms with Gasteiger partial charge in [0.1, 0.15) is 18.5 Å². The number of likely N-dealkylation sites (tertiary alicyclic amines) is 1. The Kier molecular flexibility index (Phi) is 6.07. The van der Waals surface area contributed by atoms with Crippen molar-refractivity contribution < 1.29 is 9.84 Å². The number of nitrogens with zero attached hydrogens (tertiary/aromatic N) is 1. The number of ether oxygens (including phenoxy) is 1. The number of benzene rings is 1. The first-order chi connectivity index (χ1) is 10.1. The van der Waals surface area contributed by atoms with Crippen molar-refractivity contribution in [2.45, 2.75) is 52.1 Å². The van der Waals surface area contributed by atoms with Crippen LogP contribution in [0.1, 0.15) is 50.2 Å². The third-order valence-electron chi connectivity index (χ3n) is 4.14. The monoisotopic (exact) mass is 291 g/mol. The van der Waals surface area contributed by atoms with Gasteiger partial charge in [0.15, 0.2) is 0 Å². The molecule has 0 saturated carbocycles. The van der Waals surface area contributed by atoms with Gasteiger partial charge in [0.2, 0.25) is 0 Å². The lowest BCUT2D eigenvalue weighted by Gasteiger charge is -2.28. The van der Waals surface area contributed by atoms with E-state index in [4.69, 9.17) is 4.74 Å². The van der Waals surface area contributed by atoms with Gasteiger partial charge in [0.25, 0.3) is 0 Å². The molecule has 1 N–H and O–H groups in total. The Balaban J connectivity index is 1.88. The Morgan fingerprint density at radius 1 is 1.19 bits per heavy atom. The molecule has 0 bridgehead atoms. The molecule has 118 valence electrons. The van der Waals surface area contributed by atoms with Crippen LogP contribution in [0.2, 0.25) is 0 Å². The minimum absolute atomic E-state index is 0.375. The molecule has 1 atom stereocenters. The third kappa shape index (κ3) is 5.01. The van der Waals surface area contributed by atoms with Gasteiger partial charge in [-0.2, -0.15) is 0 Å². The van der Waals surface area contributed by atoms with Crippen LogP contribution in [0.3, 0.4) is 0 Å². The van der Waals surface area contributed by atoms with E-state index in [1.54, 1.807) is 0 Å². The third-order valence-corrected chi connectivity index (χ3v) is 4.14. The topological polar surface area (TPSA) is 32.7 Å². The van der Waals surface area contributed by atoms with Crippen LogP contribution in [0, 0.1) is 6.92 Å². The Labute approximate surface area is 128 Å². The second-order valence-corrected chi connectivity index (χ2v) is 6.52. The fourth-order valence-corrected chi connectivity index (χ4v) is 2.92. The van der Waals surface area contributed by atoms with E-state index < -0.39 is 6.10 Å². The van der Waals surface area contributed by atoms with Gasteiger partial charge >= 0.3 is 0 Å². The van der Waals surface area contributed by atoms with E-state index in [0.29, 0.717) is 12.5 Å². The van der Waals surface area contributed by atoms with Crippen molar-refractivity contribution in [3.8, 4) is 5.75 Å². The molecular formula is C18H29NO2. The molecule has 0 unspecified atom stereocenters. The van der Waals surface area contributed by atoms with Crippen LogP contribution in [0.4, 0.5) is 0 Å². The summed E-state index contributed by atoms with van der Waals surface area (Å²) in [6.07, 6.45) is 3.42. The van der Waals surface area contributed by atoms with Crippen molar-refractivity contribution >= 4 is 0 Å². The number of β-amino-alcohol motifs (C(OH)–C–C–N with tert-alkyl or cyclic N) is 1. The zero-order valence-electron chi connectivity index (χ0n) is 13.6. The molecule has 1 aliphatic heterocycles. The number of hydrogen-bond donors (Lipinski definition) is 1. The lowest BCUT2D eigenvalue weighted by molar-refractivity contribution is 0.0613. The molecule has 3 heteroatoms. The van der Waals surface area contributed by atoms with Gasteiger partial charge in [0.05, 0.1) is 0 Å². The van der Waals surface area contributed by atoms with Gasteiger partial charge in [-0.05, 0) is 56.0 Å². The molecule has 21 heavy (non-hydrogen) atoms. The maximum absolute atomic E-state index is 10.2. The van der Waals surface area contributed by atoms with Crippen molar-refractivity contribution in [2.75, 3.05) is 26.2 Å². The Bertz CT molecular complexity index is 439. The highest BCUT2D eigenvalue weighted by molar-refractivity contribution is 5.39. The highest BCUT2D eigenvalue weighted by Gasteiger charge is 2.16. The largest absolute Gasteiger partial charge is 0.491 e. The first-order valence-corrected chi connectivity index (χ1v) is 8.20. The van der Waals surface area contributed by atoms with Crippen LogP contribution >= 0.6 is 0 Å². The minimum atomic E-state index is -0.413. The number of rotatable bonds is 6. The zero-order valence-corrected chi connectivity index (χ0v) is 13.6. The van der Waals surface area contributed by atoms with Crippen molar-refractivity contribution in [3.63, 3.8) is 0 Å². The van der Waals surface area contributed by atoms with Crippen LogP contribution in [-0.4, -0.2) is 42.4 Å². The van der Waals surface area contributed by atoms with E-state index in [0.717, 1.165) is 25.4 Å². The van der Waals surface area contributed by atoms with Crippen LogP contribution in [0.5, 0.6) is 5.75 Å². The first kappa shape index (κ1) is 16.3.